The molecule has 2 aliphatic heterocycles. The fourth-order valence-corrected chi connectivity index (χ4v) is 6.91. The molecular formula is C53H72O15. The summed E-state index contributed by atoms with van der Waals surface area (Å²) in [6, 6.07) is 28.5. The second-order valence-electron chi connectivity index (χ2n) is 21.4. The number of carbonyl (C=O) groups excluding carboxylic acids is 4. The van der Waals surface area contributed by atoms with E-state index >= 15 is 0 Å². The van der Waals surface area contributed by atoms with Crippen LogP contribution in [0.15, 0.2) is 91.0 Å². The Morgan fingerprint density at radius 1 is 0.426 bits per heavy atom. The first-order valence-corrected chi connectivity index (χ1v) is 23.2. The van der Waals surface area contributed by atoms with Crippen LogP contribution in [0.25, 0.3) is 0 Å². The van der Waals surface area contributed by atoms with Crippen molar-refractivity contribution in [3.63, 3.8) is 0 Å². The number of hydrogen-bond acceptors (Lipinski definition) is 15. The molecular weight excluding hydrogens is 877 g/mol. The fraction of sp³-hybridized carbons (Fsp3) is 0.585. The zero-order chi connectivity index (χ0) is 50.0. The van der Waals surface area contributed by atoms with Gasteiger partial charge >= 0.3 is 23.9 Å². The number of carbonyl (C=O) groups is 4. The van der Waals surface area contributed by atoms with Crippen molar-refractivity contribution in [2.45, 2.75) is 164 Å². The van der Waals surface area contributed by atoms with Gasteiger partial charge in [-0.15, -0.1) is 0 Å². The Hall–Kier alpha value is -4.74. The third kappa shape index (κ3) is 15.4. The molecule has 1 N–H and O–H groups in total. The van der Waals surface area contributed by atoms with Crippen LogP contribution >= 0.6 is 0 Å². The van der Waals surface area contributed by atoms with Crippen LogP contribution in [0.5, 0.6) is 0 Å². The highest BCUT2D eigenvalue weighted by molar-refractivity contribution is 5.78. The van der Waals surface area contributed by atoms with Crippen LogP contribution in [0, 0.1) is 21.7 Å². The van der Waals surface area contributed by atoms with Crippen molar-refractivity contribution in [2.24, 2.45) is 21.7 Å². The first-order chi connectivity index (χ1) is 31.8. The lowest BCUT2D eigenvalue weighted by molar-refractivity contribution is -0.340. The first kappa shape index (κ1) is 54.2. The molecule has 3 aromatic carbocycles. The molecule has 0 radical (unpaired) electrons. The Kier molecular flexibility index (Phi) is 18.5. The van der Waals surface area contributed by atoms with Gasteiger partial charge in [0.15, 0.2) is 30.9 Å². The van der Waals surface area contributed by atoms with Crippen LogP contribution < -0.4 is 0 Å². The second kappa shape index (κ2) is 23.2. The molecule has 3 aromatic rings. The largest absolute Gasteiger partial charge is 0.462 e. The van der Waals surface area contributed by atoms with Crippen molar-refractivity contribution in [1.82, 2.24) is 0 Å². The van der Waals surface area contributed by atoms with Crippen LogP contribution in [-0.4, -0.2) is 104 Å². The van der Waals surface area contributed by atoms with E-state index in [4.69, 9.17) is 47.4 Å². The van der Waals surface area contributed by atoms with Gasteiger partial charge in [0.25, 0.3) is 0 Å². The Labute approximate surface area is 401 Å². The molecule has 10 atom stereocenters. The van der Waals surface area contributed by atoms with Gasteiger partial charge in [-0.3, -0.25) is 19.2 Å². The number of hydrogen-bond donors (Lipinski definition) is 1. The lowest BCUT2D eigenvalue weighted by Gasteiger charge is -2.47. The van der Waals surface area contributed by atoms with Gasteiger partial charge in [0.05, 0.1) is 48.1 Å². The topological polar surface area (TPSA) is 181 Å². The Balaban J connectivity index is 1.57. The molecule has 68 heavy (non-hydrogen) atoms. The normalized spacial score (nSPS) is 25.8. The molecule has 0 unspecified atom stereocenters. The molecule has 0 spiro atoms. The standard InChI is InChI=1S/C53H72O15/c1-50(2,3)46(55)63-32-37-39(66-47(56)51(4,5)6)41(67-48(57)52(7,8)9)43(68-49(58)53(10,11)12)45(65-37)62-31-36-38(59-28-33-22-16-13-17-23-33)40(60-29-34-24-18-14-19-25-34)42(44(54)64-36)61-30-35-26-20-15-21-27-35/h13-27,36-45,54H,28-32H2,1-12H3/t36-,37-,38-,39+,40+,41+,42-,43-,44+,45-/m1/s1. The molecule has 0 aromatic heterocycles. The van der Waals surface area contributed by atoms with E-state index in [0.717, 1.165) is 16.7 Å². The predicted molar refractivity (Wildman–Crippen MR) is 249 cm³/mol. The molecule has 374 valence electrons. The molecule has 2 saturated heterocycles. The average Bonchev–Trinajstić information content (AvgIpc) is 3.27. The number of benzene rings is 3. The molecule has 0 amide bonds. The second-order valence-corrected chi connectivity index (χ2v) is 21.4. The first-order valence-electron chi connectivity index (χ1n) is 23.2. The lowest BCUT2D eigenvalue weighted by atomic mass is 9.93. The molecule has 5 rings (SSSR count). The minimum Gasteiger partial charge on any atom is -0.462 e. The third-order valence-corrected chi connectivity index (χ3v) is 11.0. The van der Waals surface area contributed by atoms with E-state index in [1.54, 1.807) is 83.1 Å². The van der Waals surface area contributed by atoms with Crippen molar-refractivity contribution in [3.8, 4) is 0 Å². The predicted octanol–water partition coefficient (Wildman–Crippen LogP) is 7.66. The van der Waals surface area contributed by atoms with E-state index in [9.17, 15) is 24.3 Å². The zero-order valence-corrected chi connectivity index (χ0v) is 41.6. The molecule has 0 bridgehead atoms. The van der Waals surface area contributed by atoms with Crippen molar-refractivity contribution < 1.29 is 71.7 Å². The Bertz CT molecular complexity index is 2070. The van der Waals surface area contributed by atoms with E-state index in [1.165, 1.54) is 0 Å². The lowest BCUT2D eigenvalue weighted by Crippen LogP contribution is -2.65. The molecule has 15 nitrogen and oxygen atoms in total. The molecule has 2 aliphatic rings. The van der Waals surface area contributed by atoms with Crippen molar-refractivity contribution in [3.05, 3.63) is 108 Å². The summed E-state index contributed by atoms with van der Waals surface area (Å²) < 4.78 is 63.5. The summed E-state index contributed by atoms with van der Waals surface area (Å²) in [5, 5.41) is 11.8. The maximum Gasteiger partial charge on any atom is 0.311 e. The monoisotopic (exact) mass is 948 g/mol. The van der Waals surface area contributed by atoms with E-state index in [1.807, 2.05) is 91.0 Å². The summed E-state index contributed by atoms with van der Waals surface area (Å²) in [5.74, 6) is -2.70. The Morgan fingerprint density at radius 2 is 0.794 bits per heavy atom. The summed E-state index contributed by atoms with van der Waals surface area (Å²) in [6.07, 6.45) is -13.1. The van der Waals surface area contributed by atoms with Gasteiger partial charge in [0, 0.05) is 0 Å². The van der Waals surface area contributed by atoms with Gasteiger partial charge in [-0.1, -0.05) is 91.0 Å². The highest BCUT2D eigenvalue weighted by atomic mass is 16.7. The fourth-order valence-electron chi connectivity index (χ4n) is 6.91. The number of ether oxygens (including phenoxy) is 10. The minimum absolute atomic E-state index is 0.108. The van der Waals surface area contributed by atoms with Gasteiger partial charge in [-0.2, -0.15) is 0 Å². The van der Waals surface area contributed by atoms with Crippen LogP contribution in [0.4, 0.5) is 0 Å². The maximum absolute atomic E-state index is 13.9. The van der Waals surface area contributed by atoms with Gasteiger partial charge in [-0.25, -0.2) is 0 Å². The SMILES string of the molecule is CC(C)(C)C(=O)OC[C@H]1O[C@@H](OC[C@H]2O[C@H](O)[C@H](OCc3ccccc3)[C@@H](OCc3ccccc3)[C@@H]2OCc2ccccc2)[C@H](OC(=O)C(C)(C)C)[C@@H](OC(=O)C(C)(C)C)[C@H]1OC(=O)C(C)(C)C. The van der Waals surface area contributed by atoms with Crippen LogP contribution in [-0.2, 0) is 86.4 Å². The number of aliphatic hydroxyl groups is 1. The quantitative estimate of drug-likeness (QED) is 0.103. The molecule has 2 fully saturated rings. The summed E-state index contributed by atoms with van der Waals surface area (Å²) in [6.45, 7) is 19.4. The van der Waals surface area contributed by atoms with Gasteiger partial charge in [0.1, 0.15) is 37.1 Å². The number of esters is 4. The van der Waals surface area contributed by atoms with E-state index in [0.29, 0.717) is 0 Å². The molecule has 0 saturated carbocycles. The summed E-state index contributed by atoms with van der Waals surface area (Å²) in [7, 11) is 0. The van der Waals surface area contributed by atoms with Gasteiger partial charge < -0.3 is 52.5 Å². The van der Waals surface area contributed by atoms with Crippen LogP contribution in [0.2, 0.25) is 0 Å². The zero-order valence-electron chi connectivity index (χ0n) is 41.6. The van der Waals surface area contributed by atoms with E-state index < -0.39 is 114 Å². The molecule has 2 heterocycles. The Morgan fingerprint density at radius 3 is 1.22 bits per heavy atom. The third-order valence-electron chi connectivity index (χ3n) is 11.0. The maximum atomic E-state index is 13.9. The van der Waals surface area contributed by atoms with E-state index in [-0.39, 0.29) is 26.4 Å². The van der Waals surface area contributed by atoms with Crippen molar-refractivity contribution >= 4 is 23.9 Å². The minimum atomic E-state index is -1.58. The van der Waals surface area contributed by atoms with Gasteiger partial charge in [0.2, 0.25) is 0 Å². The van der Waals surface area contributed by atoms with Crippen LogP contribution in [0.3, 0.4) is 0 Å². The highest BCUT2D eigenvalue weighted by Crippen LogP contribution is 2.36. The smallest absolute Gasteiger partial charge is 0.311 e. The van der Waals surface area contributed by atoms with E-state index in [2.05, 4.69) is 0 Å². The highest BCUT2D eigenvalue weighted by Gasteiger charge is 2.56. The summed E-state index contributed by atoms with van der Waals surface area (Å²) in [4.78, 5) is 54.7. The molecule has 15 heteroatoms. The van der Waals surface area contributed by atoms with Crippen molar-refractivity contribution in [1.29, 1.82) is 0 Å². The number of rotatable bonds is 17. The summed E-state index contributed by atoms with van der Waals surface area (Å²) in [5.41, 5.74) is -1.57. The average molecular weight is 949 g/mol. The van der Waals surface area contributed by atoms with Gasteiger partial charge in [-0.05, 0) is 99.8 Å². The number of aliphatic hydroxyl groups excluding tert-OH is 1. The summed E-state index contributed by atoms with van der Waals surface area (Å²) >= 11 is 0. The molecule has 0 aliphatic carbocycles. The van der Waals surface area contributed by atoms with Crippen molar-refractivity contribution in [2.75, 3.05) is 13.2 Å². The van der Waals surface area contributed by atoms with Crippen LogP contribution in [0.1, 0.15) is 99.8 Å².